The maximum Gasteiger partial charge on any atom is 0.326 e. The van der Waals surface area contributed by atoms with E-state index in [-0.39, 0.29) is 6.42 Å². The van der Waals surface area contributed by atoms with Gasteiger partial charge in [-0.2, -0.15) is 0 Å². The fourth-order valence-corrected chi connectivity index (χ4v) is 1.32. The first kappa shape index (κ1) is 10.8. The number of carbonyl (C=O) groups is 2. The second-order valence-electron chi connectivity index (χ2n) is 2.57. The highest BCUT2D eigenvalue weighted by Gasteiger charge is 2.19. The number of nitrogens with one attached hydrogen (secondary N) is 1. The lowest BCUT2D eigenvalue weighted by Gasteiger charge is -2.08. The zero-order valence-corrected chi connectivity index (χ0v) is 8.65. The Labute approximate surface area is 88.2 Å². The van der Waals surface area contributed by atoms with Crippen molar-refractivity contribution in [2.75, 3.05) is 0 Å². The molecule has 0 aliphatic rings. The summed E-state index contributed by atoms with van der Waals surface area (Å²) >= 11 is 3.19. The summed E-state index contributed by atoms with van der Waals surface area (Å²) in [5.74, 6) is -0.604. The van der Waals surface area contributed by atoms with E-state index in [4.69, 9.17) is 9.52 Å². The molecule has 0 saturated carbocycles. The van der Waals surface area contributed by atoms with Crippen molar-refractivity contribution >= 4 is 28.3 Å². The van der Waals surface area contributed by atoms with E-state index in [0.717, 1.165) is 0 Å². The number of carboxylic acids is 1. The Morgan fingerprint density at radius 3 is 2.93 bits per heavy atom. The summed E-state index contributed by atoms with van der Waals surface area (Å²) in [6.45, 7) is 0. The van der Waals surface area contributed by atoms with Crippen LogP contribution in [-0.4, -0.2) is 23.5 Å². The van der Waals surface area contributed by atoms with Crippen LogP contribution in [0.4, 0.5) is 0 Å². The summed E-state index contributed by atoms with van der Waals surface area (Å²) in [7, 11) is 0. The third-order valence-electron chi connectivity index (χ3n) is 1.65. The molecule has 1 aromatic heterocycles. The van der Waals surface area contributed by atoms with Gasteiger partial charge in [0.15, 0.2) is 0 Å². The van der Waals surface area contributed by atoms with Crippen molar-refractivity contribution in [3.05, 3.63) is 22.6 Å². The number of rotatable bonds is 5. The Morgan fingerprint density at radius 2 is 2.50 bits per heavy atom. The Balaban J connectivity index is 2.69. The standard InChI is InChI=1S/C8H8BrNO4/c9-5-1-2-14-7(5)3-6(8(12)13)10-4-11/h1-2,4,6H,3H2,(H,10,11)(H,12,13). The Hall–Kier alpha value is -1.30. The number of carboxylic acid groups (broad SMARTS) is 1. The first-order chi connectivity index (χ1) is 6.65. The van der Waals surface area contributed by atoms with Gasteiger partial charge in [0, 0.05) is 6.42 Å². The molecule has 0 spiro atoms. The van der Waals surface area contributed by atoms with E-state index in [1.54, 1.807) is 6.07 Å². The van der Waals surface area contributed by atoms with Crippen molar-refractivity contribution in [2.24, 2.45) is 0 Å². The Morgan fingerprint density at radius 1 is 1.79 bits per heavy atom. The molecule has 1 atom stereocenters. The van der Waals surface area contributed by atoms with Gasteiger partial charge in [-0.3, -0.25) is 4.79 Å². The predicted molar refractivity (Wildman–Crippen MR) is 50.7 cm³/mol. The molecule has 0 aliphatic heterocycles. The largest absolute Gasteiger partial charge is 0.480 e. The van der Waals surface area contributed by atoms with E-state index in [1.807, 2.05) is 0 Å². The van der Waals surface area contributed by atoms with Crippen molar-refractivity contribution in [1.82, 2.24) is 5.32 Å². The number of amides is 1. The number of halogens is 1. The van der Waals surface area contributed by atoms with E-state index in [1.165, 1.54) is 6.26 Å². The van der Waals surface area contributed by atoms with Gasteiger partial charge in [0.1, 0.15) is 11.8 Å². The minimum absolute atomic E-state index is 0.113. The third-order valence-corrected chi connectivity index (χ3v) is 2.35. The van der Waals surface area contributed by atoms with E-state index in [0.29, 0.717) is 16.6 Å². The van der Waals surface area contributed by atoms with Crippen LogP contribution in [0.2, 0.25) is 0 Å². The van der Waals surface area contributed by atoms with Crippen LogP contribution in [0.15, 0.2) is 21.2 Å². The zero-order chi connectivity index (χ0) is 10.6. The zero-order valence-electron chi connectivity index (χ0n) is 7.07. The molecule has 2 N–H and O–H groups in total. The van der Waals surface area contributed by atoms with Crippen LogP contribution in [-0.2, 0) is 16.0 Å². The van der Waals surface area contributed by atoms with Gasteiger partial charge in [-0.25, -0.2) is 4.79 Å². The minimum atomic E-state index is -1.10. The van der Waals surface area contributed by atoms with E-state index >= 15 is 0 Å². The van der Waals surface area contributed by atoms with Crippen molar-refractivity contribution in [2.45, 2.75) is 12.5 Å². The maximum atomic E-state index is 10.6. The fourth-order valence-electron chi connectivity index (χ4n) is 0.956. The van der Waals surface area contributed by atoms with Crippen LogP contribution in [0, 0.1) is 0 Å². The van der Waals surface area contributed by atoms with Gasteiger partial charge in [-0.05, 0) is 22.0 Å². The maximum absolute atomic E-state index is 10.6. The molecule has 0 radical (unpaired) electrons. The third kappa shape index (κ3) is 2.59. The van der Waals surface area contributed by atoms with Crippen LogP contribution in [0.25, 0.3) is 0 Å². The van der Waals surface area contributed by atoms with Crippen LogP contribution in [0.5, 0.6) is 0 Å². The summed E-state index contributed by atoms with van der Waals surface area (Å²) in [5.41, 5.74) is 0. The van der Waals surface area contributed by atoms with Crippen LogP contribution in [0.1, 0.15) is 5.76 Å². The van der Waals surface area contributed by atoms with E-state index in [2.05, 4.69) is 21.2 Å². The summed E-state index contributed by atoms with van der Waals surface area (Å²) in [6, 6.07) is 0.699. The molecular formula is C8H8BrNO4. The monoisotopic (exact) mass is 261 g/mol. The van der Waals surface area contributed by atoms with Gasteiger partial charge in [-0.15, -0.1) is 0 Å². The highest BCUT2D eigenvalue weighted by Crippen LogP contribution is 2.18. The van der Waals surface area contributed by atoms with Gasteiger partial charge < -0.3 is 14.8 Å². The number of hydrogen-bond donors (Lipinski definition) is 2. The molecule has 0 saturated heterocycles. The summed E-state index contributed by atoms with van der Waals surface area (Å²) in [4.78, 5) is 20.8. The first-order valence-electron chi connectivity index (χ1n) is 3.79. The van der Waals surface area contributed by atoms with Crippen molar-refractivity contribution in [1.29, 1.82) is 0 Å². The summed E-state index contributed by atoms with van der Waals surface area (Å²) < 4.78 is 5.72. The predicted octanol–water partition coefficient (Wildman–Crippen LogP) is 0.784. The Bertz CT molecular complexity index is 336. The summed E-state index contributed by atoms with van der Waals surface area (Å²) in [6.07, 6.45) is 1.91. The molecule has 0 aromatic carbocycles. The van der Waals surface area contributed by atoms with Crippen LogP contribution in [0.3, 0.4) is 0 Å². The molecule has 76 valence electrons. The Kier molecular flexibility index (Phi) is 3.70. The van der Waals surface area contributed by atoms with Crippen molar-refractivity contribution < 1.29 is 19.1 Å². The van der Waals surface area contributed by atoms with Gasteiger partial charge in [-0.1, -0.05) is 0 Å². The molecule has 1 amide bonds. The molecule has 0 aliphatic carbocycles. The molecule has 1 unspecified atom stereocenters. The molecule has 0 bridgehead atoms. The van der Waals surface area contributed by atoms with Gasteiger partial charge >= 0.3 is 5.97 Å². The second-order valence-corrected chi connectivity index (χ2v) is 3.43. The lowest BCUT2D eigenvalue weighted by atomic mass is 10.2. The molecule has 6 heteroatoms. The van der Waals surface area contributed by atoms with Crippen LogP contribution < -0.4 is 5.32 Å². The SMILES string of the molecule is O=CNC(Cc1occc1Br)C(=O)O. The lowest BCUT2D eigenvalue weighted by Crippen LogP contribution is -2.37. The van der Waals surface area contributed by atoms with Gasteiger partial charge in [0.25, 0.3) is 0 Å². The topological polar surface area (TPSA) is 79.5 Å². The number of aliphatic carboxylic acids is 1. The van der Waals surface area contributed by atoms with Crippen LogP contribution >= 0.6 is 15.9 Å². The molecule has 1 aromatic rings. The highest BCUT2D eigenvalue weighted by molar-refractivity contribution is 9.10. The van der Waals surface area contributed by atoms with E-state index in [9.17, 15) is 9.59 Å². The molecule has 1 rings (SSSR count). The number of carbonyl (C=O) groups excluding carboxylic acids is 1. The summed E-state index contributed by atoms with van der Waals surface area (Å²) in [5, 5.41) is 10.9. The van der Waals surface area contributed by atoms with Crippen molar-refractivity contribution in [3.8, 4) is 0 Å². The van der Waals surface area contributed by atoms with Gasteiger partial charge in [0.05, 0.1) is 10.7 Å². The minimum Gasteiger partial charge on any atom is -0.480 e. The molecule has 0 fully saturated rings. The average Bonchev–Trinajstić information content (AvgIpc) is 2.51. The van der Waals surface area contributed by atoms with E-state index < -0.39 is 12.0 Å². The molecule has 1 heterocycles. The second kappa shape index (κ2) is 4.80. The molecule has 5 nitrogen and oxygen atoms in total. The van der Waals surface area contributed by atoms with Gasteiger partial charge in [0.2, 0.25) is 6.41 Å². The number of furan rings is 1. The fraction of sp³-hybridized carbons (Fsp3) is 0.250. The quantitative estimate of drug-likeness (QED) is 0.768. The highest BCUT2D eigenvalue weighted by atomic mass is 79.9. The molecular weight excluding hydrogens is 254 g/mol. The number of hydrogen-bond acceptors (Lipinski definition) is 3. The first-order valence-corrected chi connectivity index (χ1v) is 4.59. The lowest BCUT2D eigenvalue weighted by molar-refractivity contribution is -0.140. The normalized spacial score (nSPS) is 12.1. The van der Waals surface area contributed by atoms with Crippen molar-refractivity contribution in [3.63, 3.8) is 0 Å². The molecule has 14 heavy (non-hydrogen) atoms. The smallest absolute Gasteiger partial charge is 0.326 e. The average molecular weight is 262 g/mol.